The zero-order valence-electron chi connectivity index (χ0n) is 12.7. The van der Waals surface area contributed by atoms with Crippen molar-refractivity contribution >= 4 is 40.0 Å². The molecule has 4 nitrogen and oxygen atoms in total. The number of para-hydroxylation sites is 1. The first-order valence-corrected chi connectivity index (χ1v) is 8.22. The van der Waals surface area contributed by atoms with Crippen molar-refractivity contribution in [3.8, 4) is 0 Å². The molecular formula is C18H17ClN4. The number of halogens is 1. The van der Waals surface area contributed by atoms with Crippen LogP contribution in [0.3, 0.4) is 0 Å². The van der Waals surface area contributed by atoms with Crippen LogP contribution in [-0.2, 0) is 0 Å². The second-order valence-electron chi connectivity index (χ2n) is 5.72. The molecule has 0 radical (unpaired) electrons. The Labute approximate surface area is 140 Å². The quantitative estimate of drug-likeness (QED) is 0.762. The van der Waals surface area contributed by atoms with E-state index in [1.54, 1.807) is 0 Å². The third-order valence-corrected chi connectivity index (χ3v) is 4.30. The van der Waals surface area contributed by atoms with Gasteiger partial charge in [0.05, 0.1) is 5.52 Å². The average molecular weight is 325 g/mol. The van der Waals surface area contributed by atoms with E-state index in [2.05, 4.69) is 21.3 Å². The third kappa shape index (κ3) is 2.94. The Morgan fingerprint density at radius 1 is 0.957 bits per heavy atom. The fourth-order valence-electron chi connectivity index (χ4n) is 2.98. The lowest BCUT2D eigenvalue weighted by Gasteiger charge is -2.19. The van der Waals surface area contributed by atoms with Crippen LogP contribution in [0.2, 0.25) is 5.02 Å². The van der Waals surface area contributed by atoms with E-state index < -0.39 is 0 Å². The van der Waals surface area contributed by atoms with Gasteiger partial charge in [-0.05, 0) is 43.2 Å². The van der Waals surface area contributed by atoms with Gasteiger partial charge < -0.3 is 10.2 Å². The van der Waals surface area contributed by atoms with Crippen LogP contribution in [-0.4, -0.2) is 23.1 Å². The molecule has 1 aromatic heterocycles. The summed E-state index contributed by atoms with van der Waals surface area (Å²) in [4.78, 5) is 11.7. The molecule has 0 spiro atoms. The summed E-state index contributed by atoms with van der Waals surface area (Å²) < 4.78 is 0. The number of benzene rings is 2. The highest BCUT2D eigenvalue weighted by Crippen LogP contribution is 2.29. The maximum absolute atomic E-state index is 6.05. The number of anilines is 3. The summed E-state index contributed by atoms with van der Waals surface area (Å²) in [7, 11) is 0. The number of rotatable bonds is 3. The number of hydrogen-bond donors (Lipinski definition) is 1. The molecule has 1 N–H and O–H groups in total. The minimum absolute atomic E-state index is 0.605. The number of fused-ring (bicyclic) bond motifs is 1. The average Bonchev–Trinajstić information content (AvgIpc) is 3.08. The van der Waals surface area contributed by atoms with Crippen LogP contribution in [0.5, 0.6) is 0 Å². The van der Waals surface area contributed by atoms with Crippen LogP contribution in [0.4, 0.5) is 17.5 Å². The molecule has 1 saturated heterocycles. The second kappa shape index (κ2) is 6.05. The first-order chi connectivity index (χ1) is 11.3. The van der Waals surface area contributed by atoms with Gasteiger partial charge in [-0.25, -0.2) is 4.98 Å². The van der Waals surface area contributed by atoms with Crippen molar-refractivity contribution in [2.45, 2.75) is 12.8 Å². The maximum Gasteiger partial charge on any atom is 0.229 e. The Balaban J connectivity index is 1.77. The molecule has 1 fully saturated rings. The molecule has 0 bridgehead atoms. The molecule has 1 aliphatic rings. The number of nitrogens with one attached hydrogen (secondary N) is 1. The summed E-state index contributed by atoms with van der Waals surface area (Å²) in [6, 6.07) is 15.7. The van der Waals surface area contributed by atoms with Crippen molar-refractivity contribution in [3.63, 3.8) is 0 Å². The molecule has 2 aromatic carbocycles. The fraction of sp³-hybridized carbons (Fsp3) is 0.222. The summed E-state index contributed by atoms with van der Waals surface area (Å²) >= 11 is 6.05. The van der Waals surface area contributed by atoms with Gasteiger partial charge >= 0.3 is 0 Å². The molecule has 0 aliphatic carbocycles. The van der Waals surface area contributed by atoms with E-state index in [1.807, 2.05) is 42.5 Å². The monoisotopic (exact) mass is 324 g/mol. The van der Waals surface area contributed by atoms with Gasteiger partial charge in [-0.3, -0.25) is 0 Å². The maximum atomic E-state index is 6.05. The molecule has 23 heavy (non-hydrogen) atoms. The summed E-state index contributed by atoms with van der Waals surface area (Å²) in [6.07, 6.45) is 2.44. The number of hydrogen-bond acceptors (Lipinski definition) is 4. The van der Waals surface area contributed by atoms with Crippen molar-refractivity contribution in [1.82, 2.24) is 9.97 Å². The minimum Gasteiger partial charge on any atom is -0.356 e. The standard InChI is InChI=1S/C18H17ClN4/c19-13-6-5-7-14(12-13)20-18-21-16-9-2-1-8-15(16)17(22-18)23-10-3-4-11-23/h1-2,5-9,12H,3-4,10-11H2,(H,20,21,22). The van der Waals surface area contributed by atoms with E-state index in [4.69, 9.17) is 16.6 Å². The van der Waals surface area contributed by atoms with Gasteiger partial charge in [-0.1, -0.05) is 29.8 Å². The van der Waals surface area contributed by atoms with E-state index in [-0.39, 0.29) is 0 Å². The molecule has 0 amide bonds. The zero-order valence-corrected chi connectivity index (χ0v) is 13.4. The lowest BCUT2D eigenvalue weighted by Crippen LogP contribution is -2.20. The Morgan fingerprint density at radius 3 is 2.61 bits per heavy atom. The van der Waals surface area contributed by atoms with Crippen molar-refractivity contribution in [3.05, 3.63) is 53.6 Å². The summed E-state index contributed by atoms with van der Waals surface area (Å²) in [5.41, 5.74) is 1.84. The lowest BCUT2D eigenvalue weighted by atomic mass is 10.2. The van der Waals surface area contributed by atoms with E-state index >= 15 is 0 Å². The van der Waals surface area contributed by atoms with E-state index in [1.165, 1.54) is 12.8 Å². The Kier molecular flexibility index (Phi) is 3.75. The van der Waals surface area contributed by atoms with E-state index in [0.29, 0.717) is 11.0 Å². The minimum atomic E-state index is 0.605. The van der Waals surface area contributed by atoms with Crippen molar-refractivity contribution in [1.29, 1.82) is 0 Å². The van der Waals surface area contributed by atoms with E-state index in [0.717, 1.165) is 35.5 Å². The van der Waals surface area contributed by atoms with Gasteiger partial charge in [0.25, 0.3) is 0 Å². The predicted molar refractivity (Wildman–Crippen MR) is 95.7 cm³/mol. The second-order valence-corrected chi connectivity index (χ2v) is 6.15. The highest BCUT2D eigenvalue weighted by molar-refractivity contribution is 6.30. The first kappa shape index (κ1) is 14.3. The van der Waals surface area contributed by atoms with E-state index in [9.17, 15) is 0 Å². The molecule has 5 heteroatoms. The first-order valence-electron chi connectivity index (χ1n) is 7.84. The highest BCUT2D eigenvalue weighted by Gasteiger charge is 2.18. The van der Waals surface area contributed by atoms with Crippen LogP contribution >= 0.6 is 11.6 Å². The van der Waals surface area contributed by atoms with Crippen molar-refractivity contribution in [2.75, 3.05) is 23.3 Å². The smallest absolute Gasteiger partial charge is 0.229 e. The molecule has 0 unspecified atom stereocenters. The number of aromatic nitrogens is 2. The summed E-state index contributed by atoms with van der Waals surface area (Å²) in [6.45, 7) is 2.11. The van der Waals surface area contributed by atoms with Gasteiger partial charge in [0.15, 0.2) is 0 Å². The third-order valence-electron chi connectivity index (χ3n) is 4.07. The molecule has 3 aromatic rings. The van der Waals surface area contributed by atoms with Gasteiger partial charge in [0, 0.05) is 29.2 Å². The van der Waals surface area contributed by atoms with Gasteiger partial charge in [0.1, 0.15) is 5.82 Å². The van der Waals surface area contributed by atoms with Crippen LogP contribution in [0.1, 0.15) is 12.8 Å². The molecule has 1 aliphatic heterocycles. The molecule has 0 atom stereocenters. The van der Waals surface area contributed by atoms with Crippen LogP contribution < -0.4 is 10.2 Å². The van der Waals surface area contributed by atoms with Crippen molar-refractivity contribution < 1.29 is 0 Å². The van der Waals surface area contributed by atoms with Gasteiger partial charge in [-0.15, -0.1) is 0 Å². The molecule has 4 rings (SSSR count). The van der Waals surface area contributed by atoms with Gasteiger partial charge in [-0.2, -0.15) is 4.98 Å². The largest absolute Gasteiger partial charge is 0.356 e. The predicted octanol–water partition coefficient (Wildman–Crippen LogP) is 4.63. The molecule has 0 saturated carbocycles. The Bertz CT molecular complexity index is 843. The topological polar surface area (TPSA) is 41.1 Å². The lowest BCUT2D eigenvalue weighted by molar-refractivity contribution is 0.941. The van der Waals surface area contributed by atoms with Gasteiger partial charge in [0.2, 0.25) is 5.95 Å². The zero-order chi connectivity index (χ0) is 15.6. The Hall–Kier alpha value is -2.33. The normalized spacial score (nSPS) is 14.4. The molecule has 2 heterocycles. The molecular weight excluding hydrogens is 308 g/mol. The summed E-state index contributed by atoms with van der Waals surface area (Å²) in [5, 5.41) is 5.06. The van der Waals surface area contributed by atoms with Crippen molar-refractivity contribution in [2.24, 2.45) is 0 Å². The fourth-order valence-corrected chi connectivity index (χ4v) is 3.17. The SMILES string of the molecule is Clc1cccc(Nc2nc(N3CCCC3)c3ccccc3n2)c1. The van der Waals surface area contributed by atoms with Crippen LogP contribution in [0, 0.1) is 0 Å². The molecule has 116 valence electrons. The summed E-state index contributed by atoms with van der Waals surface area (Å²) in [5.74, 6) is 1.62. The highest BCUT2D eigenvalue weighted by atomic mass is 35.5. The Morgan fingerprint density at radius 2 is 1.78 bits per heavy atom. The van der Waals surface area contributed by atoms with Crippen LogP contribution in [0.25, 0.3) is 10.9 Å². The van der Waals surface area contributed by atoms with Crippen LogP contribution in [0.15, 0.2) is 48.5 Å². The number of nitrogens with zero attached hydrogens (tertiary/aromatic N) is 3.